The topological polar surface area (TPSA) is 85.8 Å². The Morgan fingerprint density at radius 2 is 1.93 bits per heavy atom. The normalized spacial score (nSPS) is 11.1. The van der Waals surface area contributed by atoms with Gasteiger partial charge in [0.1, 0.15) is 5.52 Å². The van der Waals surface area contributed by atoms with Crippen LogP contribution in [-0.4, -0.2) is 33.9 Å². The lowest BCUT2D eigenvalue weighted by molar-refractivity contribution is 0.532. The lowest BCUT2D eigenvalue weighted by Crippen LogP contribution is -2.15. The van der Waals surface area contributed by atoms with Crippen LogP contribution in [0, 0.1) is 6.92 Å². The van der Waals surface area contributed by atoms with Crippen LogP contribution in [0.2, 0.25) is 0 Å². The summed E-state index contributed by atoms with van der Waals surface area (Å²) in [5.74, 6) is 1.05. The first-order valence-corrected chi connectivity index (χ1v) is 9.10. The number of aromatic amines is 1. The summed E-state index contributed by atoms with van der Waals surface area (Å²) in [7, 11) is 1.86. The summed E-state index contributed by atoms with van der Waals surface area (Å²) in [6, 6.07) is 0.280. The van der Waals surface area contributed by atoms with Crippen LogP contribution in [0.15, 0.2) is 35.8 Å². The molecular weight excluding hydrogens is 342 g/mol. The number of imidazole rings is 1. The summed E-state index contributed by atoms with van der Waals surface area (Å²) in [4.78, 5) is 19.7. The first-order valence-electron chi connectivity index (χ1n) is 9.10. The molecule has 0 atom stereocenters. The number of H-pyrrole nitrogens is 1. The second kappa shape index (κ2) is 7.22. The third-order valence-corrected chi connectivity index (χ3v) is 4.37. The van der Waals surface area contributed by atoms with Crippen LogP contribution in [0.25, 0.3) is 28.3 Å². The highest BCUT2D eigenvalue weighted by Gasteiger charge is 2.17. The Bertz CT molecular complexity index is 1130. The number of aryl methyl sites for hydroxylation is 2. The largest absolute Gasteiger partial charge is 0.331 e. The molecule has 0 aromatic carbocycles. The Balaban J connectivity index is 0.00000102. The van der Waals surface area contributed by atoms with Gasteiger partial charge in [0, 0.05) is 49.0 Å². The van der Waals surface area contributed by atoms with Crippen molar-refractivity contribution in [1.82, 2.24) is 33.9 Å². The molecule has 142 valence electrons. The second-order valence-corrected chi connectivity index (χ2v) is 6.43. The molecule has 0 aliphatic carbocycles. The molecule has 0 amide bonds. The average molecular weight is 367 g/mol. The standard InChI is InChI=1S/C17H19N7O.C2H6/c1-10(2)23-8-12(7-19-23)13-9-24-14(11(13)3)17(25)20-15(21-24)16-18-5-6-22(16)4;1-2/h5-10H,1-4H3,(H,20,21,25);1-2H3. The summed E-state index contributed by atoms with van der Waals surface area (Å²) in [6.45, 7) is 10.1. The van der Waals surface area contributed by atoms with Gasteiger partial charge in [-0.05, 0) is 26.3 Å². The van der Waals surface area contributed by atoms with E-state index in [9.17, 15) is 4.79 Å². The zero-order chi connectivity index (χ0) is 19.7. The number of nitrogens with one attached hydrogen (secondary N) is 1. The van der Waals surface area contributed by atoms with Gasteiger partial charge < -0.3 is 9.55 Å². The van der Waals surface area contributed by atoms with Crippen LogP contribution >= 0.6 is 0 Å². The summed E-state index contributed by atoms with van der Waals surface area (Å²) in [5, 5.41) is 8.92. The minimum absolute atomic E-state index is 0.187. The first kappa shape index (κ1) is 18.6. The Labute approximate surface area is 157 Å². The molecule has 4 heterocycles. The predicted molar refractivity (Wildman–Crippen MR) is 106 cm³/mol. The molecule has 8 heteroatoms. The molecule has 27 heavy (non-hydrogen) atoms. The maximum absolute atomic E-state index is 12.6. The van der Waals surface area contributed by atoms with Gasteiger partial charge in [0.25, 0.3) is 5.56 Å². The fraction of sp³-hybridized carbons (Fsp3) is 0.368. The summed E-state index contributed by atoms with van der Waals surface area (Å²) in [5.41, 5.74) is 3.14. The van der Waals surface area contributed by atoms with Gasteiger partial charge >= 0.3 is 0 Å². The van der Waals surface area contributed by atoms with E-state index in [0.717, 1.165) is 16.7 Å². The fourth-order valence-corrected chi connectivity index (χ4v) is 2.98. The molecule has 8 nitrogen and oxygen atoms in total. The SMILES string of the molecule is CC.Cc1c(-c2cnn(C(C)C)c2)cn2nc(-c3nccn3C)[nH]c(=O)c12. The van der Waals surface area contributed by atoms with Crippen molar-refractivity contribution in [3.63, 3.8) is 0 Å². The molecule has 1 N–H and O–H groups in total. The number of nitrogens with zero attached hydrogens (tertiary/aromatic N) is 6. The van der Waals surface area contributed by atoms with E-state index in [1.54, 1.807) is 10.7 Å². The van der Waals surface area contributed by atoms with Crippen molar-refractivity contribution in [3.05, 3.63) is 46.9 Å². The van der Waals surface area contributed by atoms with Crippen molar-refractivity contribution in [2.45, 2.75) is 40.7 Å². The van der Waals surface area contributed by atoms with E-state index in [2.05, 4.69) is 34.0 Å². The molecular formula is C19H25N7O. The molecule has 4 aromatic rings. The van der Waals surface area contributed by atoms with Crippen molar-refractivity contribution in [2.75, 3.05) is 0 Å². The number of rotatable bonds is 3. The average Bonchev–Trinajstić information content (AvgIpc) is 3.35. The zero-order valence-corrected chi connectivity index (χ0v) is 16.6. The molecule has 0 saturated carbocycles. The first-order chi connectivity index (χ1) is 13.0. The van der Waals surface area contributed by atoms with Crippen LogP contribution in [0.1, 0.15) is 39.3 Å². The summed E-state index contributed by atoms with van der Waals surface area (Å²) in [6.07, 6.45) is 9.16. The quantitative estimate of drug-likeness (QED) is 0.602. The highest BCUT2D eigenvalue weighted by molar-refractivity contribution is 5.75. The van der Waals surface area contributed by atoms with Crippen LogP contribution in [0.5, 0.6) is 0 Å². The van der Waals surface area contributed by atoms with Crippen LogP contribution < -0.4 is 5.56 Å². The smallest absolute Gasteiger partial charge is 0.275 e. The molecule has 4 rings (SSSR count). The lowest BCUT2D eigenvalue weighted by atomic mass is 10.1. The highest BCUT2D eigenvalue weighted by Crippen LogP contribution is 2.27. The van der Waals surface area contributed by atoms with Gasteiger partial charge in [-0.3, -0.25) is 9.48 Å². The number of hydrogen-bond acceptors (Lipinski definition) is 4. The maximum Gasteiger partial charge on any atom is 0.275 e. The van der Waals surface area contributed by atoms with Crippen LogP contribution in [0.4, 0.5) is 0 Å². The molecule has 0 unspecified atom stereocenters. The third kappa shape index (κ3) is 3.18. The van der Waals surface area contributed by atoms with Gasteiger partial charge in [0.2, 0.25) is 0 Å². The van der Waals surface area contributed by atoms with Gasteiger partial charge in [-0.25, -0.2) is 9.50 Å². The summed E-state index contributed by atoms with van der Waals surface area (Å²) >= 11 is 0. The Kier molecular flexibility index (Phi) is 4.98. The third-order valence-electron chi connectivity index (χ3n) is 4.37. The summed E-state index contributed by atoms with van der Waals surface area (Å²) < 4.78 is 5.34. The van der Waals surface area contributed by atoms with Gasteiger partial charge in [-0.1, -0.05) is 13.8 Å². The Hall–Kier alpha value is -3.16. The van der Waals surface area contributed by atoms with Gasteiger partial charge in [-0.2, -0.15) is 5.10 Å². The minimum atomic E-state index is -0.187. The van der Waals surface area contributed by atoms with Gasteiger partial charge in [0.05, 0.1) is 6.20 Å². The minimum Gasteiger partial charge on any atom is -0.331 e. The van der Waals surface area contributed by atoms with E-state index >= 15 is 0 Å². The molecule has 0 spiro atoms. The molecule has 0 saturated heterocycles. The maximum atomic E-state index is 12.6. The lowest BCUT2D eigenvalue weighted by Gasteiger charge is -2.02. The van der Waals surface area contributed by atoms with E-state index in [1.165, 1.54) is 0 Å². The van der Waals surface area contributed by atoms with Crippen molar-refractivity contribution in [2.24, 2.45) is 7.05 Å². The molecule has 4 aromatic heterocycles. The van der Waals surface area contributed by atoms with Crippen LogP contribution in [0.3, 0.4) is 0 Å². The van der Waals surface area contributed by atoms with E-state index in [4.69, 9.17) is 0 Å². The molecule has 0 fully saturated rings. The highest BCUT2D eigenvalue weighted by atomic mass is 16.1. The van der Waals surface area contributed by atoms with Gasteiger partial charge in [-0.15, -0.1) is 5.10 Å². The molecule has 0 aliphatic rings. The van der Waals surface area contributed by atoms with Gasteiger partial charge in [0.15, 0.2) is 11.6 Å². The predicted octanol–water partition coefficient (Wildman–Crippen LogP) is 3.20. The van der Waals surface area contributed by atoms with Crippen LogP contribution in [-0.2, 0) is 7.05 Å². The van der Waals surface area contributed by atoms with E-state index in [1.807, 2.05) is 61.9 Å². The monoisotopic (exact) mass is 367 g/mol. The zero-order valence-electron chi connectivity index (χ0n) is 16.6. The second-order valence-electron chi connectivity index (χ2n) is 6.43. The molecule has 0 bridgehead atoms. The van der Waals surface area contributed by atoms with E-state index in [0.29, 0.717) is 17.2 Å². The van der Waals surface area contributed by atoms with Crippen molar-refractivity contribution < 1.29 is 0 Å². The van der Waals surface area contributed by atoms with Crippen molar-refractivity contribution in [1.29, 1.82) is 0 Å². The number of aromatic nitrogens is 7. The molecule has 0 radical (unpaired) electrons. The van der Waals surface area contributed by atoms with Crippen molar-refractivity contribution >= 4 is 5.52 Å². The Morgan fingerprint density at radius 1 is 1.19 bits per heavy atom. The van der Waals surface area contributed by atoms with E-state index in [-0.39, 0.29) is 11.6 Å². The number of fused-ring (bicyclic) bond motifs is 1. The Morgan fingerprint density at radius 3 is 2.52 bits per heavy atom. The number of hydrogen-bond donors (Lipinski definition) is 1. The molecule has 0 aliphatic heterocycles. The van der Waals surface area contributed by atoms with E-state index < -0.39 is 0 Å². The van der Waals surface area contributed by atoms with Crippen molar-refractivity contribution in [3.8, 4) is 22.8 Å². The fourth-order valence-electron chi connectivity index (χ4n) is 2.98.